The highest BCUT2D eigenvalue weighted by Crippen LogP contribution is 2.23. The molecule has 0 amide bonds. The second kappa shape index (κ2) is 6.04. The predicted molar refractivity (Wildman–Crippen MR) is 76.9 cm³/mol. The molecule has 0 heterocycles. The molecule has 0 N–H and O–H groups in total. The highest BCUT2D eigenvalue weighted by atomic mass is 19.1. The van der Waals surface area contributed by atoms with E-state index in [0.717, 1.165) is 17.2 Å². The third-order valence-corrected chi connectivity index (χ3v) is 3.33. The fourth-order valence-corrected chi connectivity index (χ4v) is 2.30. The summed E-state index contributed by atoms with van der Waals surface area (Å²) in [5.41, 5.74) is 2.49. The maximum Gasteiger partial charge on any atom is 0.167 e. The van der Waals surface area contributed by atoms with Crippen molar-refractivity contribution in [2.45, 2.75) is 20.3 Å². The van der Waals surface area contributed by atoms with Crippen molar-refractivity contribution in [3.63, 3.8) is 0 Å². The van der Waals surface area contributed by atoms with E-state index >= 15 is 0 Å². The van der Waals surface area contributed by atoms with E-state index in [1.807, 2.05) is 6.92 Å². The first kappa shape index (κ1) is 15.2. The molecule has 0 saturated heterocycles. The number of ketones is 1. The van der Waals surface area contributed by atoms with E-state index in [1.165, 1.54) is 12.1 Å². The van der Waals surface area contributed by atoms with Crippen LogP contribution >= 0.6 is 0 Å². The average Bonchev–Trinajstić information content (AvgIpc) is 2.39. The number of Topliss-reactive ketones (excluding diaryl/α,β-unsaturated/α-hetero) is 1. The van der Waals surface area contributed by atoms with E-state index in [9.17, 15) is 13.6 Å². The van der Waals surface area contributed by atoms with Gasteiger partial charge in [-0.2, -0.15) is 0 Å². The molecule has 21 heavy (non-hydrogen) atoms. The lowest BCUT2D eigenvalue weighted by atomic mass is 9.97. The number of ether oxygens (including phenoxy) is 1. The van der Waals surface area contributed by atoms with Crippen molar-refractivity contribution in [2.75, 3.05) is 7.11 Å². The normalized spacial score (nSPS) is 10.5. The maximum atomic E-state index is 13.2. The lowest BCUT2D eigenvalue weighted by molar-refractivity contribution is 0.0992. The highest BCUT2D eigenvalue weighted by Gasteiger charge is 2.14. The van der Waals surface area contributed by atoms with Gasteiger partial charge in [-0.25, -0.2) is 8.78 Å². The van der Waals surface area contributed by atoms with Gasteiger partial charge in [-0.15, -0.1) is 0 Å². The molecule has 2 nitrogen and oxygen atoms in total. The van der Waals surface area contributed by atoms with Crippen molar-refractivity contribution in [3.05, 3.63) is 64.2 Å². The zero-order valence-electron chi connectivity index (χ0n) is 12.2. The summed E-state index contributed by atoms with van der Waals surface area (Å²) in [4.78, 5) is 12.3. The molecule has 0 fully saturated rings. The minimum absolute atomic E-state index is 0.0404. The third-order valence-electron chi connectivity index (χ3n) is 3.33. The summed E-state index contributed by atoms with van der Waals surface area (Å²) in [6, 6.07) is 6.66. The number of hydrogen-bond donors (Lipinski definition) is 0. The molecule has 2 rings (SSSR count). The molecule has 2 aromatic carbocycles. The zero-order chi connectivity index (χ0) is 15.6. The summed E-state index contributed by atoms with van der Waals surface area (Å²) in [5.74, 6) is -0.829. The van der Waals surface area contributed by atoms with Gasteiger partial charge in [0.2, 0.25) is 0 Å². The smallest absolute Gasteiger partial charge is 0.167 e. The number of methoxy groups -OCH3 is 1. The van der Waals surface area contributed by atoms with Gasteiger partial charge in [0.1, 0.15) is 17.4 Å². The van der Waals surface area contributed by atoms with E-state index < -0.39 is 11.6 Å². The van der Waals surface area contributed by atoms with Crippen LogP contribution in [0.5, 0.6) is 5.75 Å². The molecule has 0 saturated carbocycles. The van der Waals surface area contributed by atoms with Crippen LogP contribution in [-0.2, 0) is 6.42 Å². The number of halogens is 2. The summed E-state index contributed by atoms with van der Waals surface area (Å²) in [6.07, 6.45) is -0.0404. The van der Waals surface area contributed by atoms with Gasteiger partial charge >= 0.3 is 0 Å². The van der Waals surface area contributed by atoms with Gasteiger partial charge in [-0.1, -0.05) is 0 Å². The summed E-state index contributed by atoms with van der Waals surface area (Å²) in [5, 5.41) is 0. The molecule has 0 aliphatic rings. The van der Waals surface area contributed by atoms with Gasteiger partial charge in [0.15, 0.2) is 5.78 Å². The largest absolute Gasteiger partial charge is 0.496 e. The van der Waals surface area contributed by atoms with Crippen LogP contribution in [-0.4, -0.2) is 12.9 Å². The number of carbonyl (C=O) groups excluding carboxylic acids is 1. The summed E-state index contributed by atoms with van der Waals surface area (Å²) in [6.45, 7) is 3.65. The topological polar surface area (TPSA) is 26.3 Å². The molecule has 0 aliphatic heterocycles. The second-order valence-electron chi connectivity index (χ2n) is 5.01. The second-order valence-corrected chi connectivity index (χ2v) is 5.01. The first-order valence-corrected chi connectivity index (χ1v) is 6.54. The van der Waals surface area contributed by atoms with Crippen LogP contribution in [0.15, 0.2) is 30.3 Å². The number of rotatable bonds is 4. The lowest BCUT2D eigenvalue weighted by Gasteiger charge is -2.11. The summed E-state index contributed by atoms with van der Waals surface area (Å²) >= 11 is 0. The Hall–Kier alpha value is -2.23. The average molecular weight is 290 g/mol. The van der Waals surface area contributed by atoms with Gasteiger partial charge in [0.25, 0.3) is 0 Å². The van der Waals surface area contributed by atoms with Crippen LogP contribution in [0.25, 0.3) is 0 Å². The number of aryl methyl sites for hydroxylation is 2. The van der Waals surface area contributed by atoms with Gasteiger partial charge in [0.05, 0.1) is 7.11 Å². The monoisotopic (exact) mass is 290 g/mol. The van der Waals surface area contributed by atoms with Gasteiger partial charge in [0, 0.05) is 18.1 Å². The minimum Gasteiger partial charge on any atom is -0.496 e. The Balaban J connectivity index is 2.30. The maximum absolute atomic E-state index is 13.2. The Kier molecular flexibility index (Phi) is 4.36. The molecule has 4 heteroatoms. The van der Waals surface area contributed by atoms with E-state index in [2.05, 4.69) is 0 Å². The molecule has 0 aliphatic carbocycles. The Morgan fingerprint density at radius 1 is 1.00 bits per heavy atom. The molecule has 0 atom stereocenters. The molecule has 0 aromatic heterocycles. The van der Waals surface area contributed by atoms with Gasteiger partial charge in [-0.3, -0.25) is 4.79 Å². The standard InChI is InChI=1S/C17H16F2O2/c1-10-5-17(21-3)11(2)4-15(10)16(20)8-12-6-13(18)9-14(19)7-12/h4-7,9H,8H2,1-3H3. The Morgan fingerprint density at radius 2 is 1.62 bits per heavy atom. The number of benzene rings is 2. The van der Waals surface area contributed by atoms with Gasteiger partial charge in [-0.05, 0) is 54.8 Å². The summed E-state index contributed by atoms with van der Waals surface area (Å²) < 4.78 is 31.5. The SMILES string of the molecule is COc1cc(C)c(C(=O)Cc2cc(F)cc(F)c2)cc1C. The van der Waals surface area contributed by atoms with Crippen LogP contribution in [0.4, 0.5) is 8.78 Å². The van der Waals surface area contributed by atoms with E-state index in [0.29, 0.717) is 16.9 Å². The van der Waals surface area contributed by atoms with Crippen molar-refractivity contribution in [1.82, 2.24) is 0 Å². The van der Waals surface area contributed by atoms with Crippen LogP contribution < -0.4 is 4.74 Å². The Bertz CT molecular complexity index is 673. The fraction of sp³-hybridized carbons (Fsp3) is 0.235. The lowest BCUT2D eigenvalue weighted by Crippen LogP contribution is -2.07. The van der Waals surface area contributed by atoms with Crippen molar-refractivity contribution in [2.24, 2.45) is 0 Å². The predicted octanol–water partition coefficient (Wildman–Crippen LogP) is 4.02. The first-order valence-electron chi connectivity index (χ1n) is 6.54. The quantitative estimate of drug-likeness (QED) is 0.795. The molecule has 110 valence electrons. The zero-order valence-corrected chi connectivity index (χ0v) is 12.2. The van der Waals surface area contributed by atoms with E-state index in [4.69, 9.17) is 4.74 Å². The third kappa shape index (κ3) is 3.45. The molecular weight excluding hydrogens is 274 g/mol. The van der Waals surface area contributed by atoms with E-state index in [-0.39, 0.29) is 12.2 Å². The minimum atomic E-state index is -0.680. The van der Waals surface area contributed by atoms with Crippen molar-refractivity contribution in [3.8, 4) is 5.75 Å². The van der Waals surface area contributed by atoms with Gasteiger partial charge < -0.3 is 4.74 Å². The highest BCUT2D eigenvalue weighted by molar-refractivity contribution is 5.99. The van der Waals surface area contributed by atoms with Crippen molar-refractivity contribution < 1.29 is 18.3 Å². The fourth-order valence-electron chi connectivity index (χ4n) is 2.30. The van der Waals surface area contributed by atoms with Crippen LogP contribution in [0, 0.1) is 25.5 Å². The molecule has 0 unspecified atom stereocenters. The van der Waals surface area contributed by atoms with Crippen LogP contribution in [0.3, 0.4) is 0 Å². The number of hydrogen-bond acceptors (Lipinski definition) is 2. The summed E-state index contributed by atoms with van der Waals surface area (Å²) in [7, 11) is 1.57. The molecule has 0 radical (unpaired) electrons. The van der Waals surface area contributed by atoms with Crippen LogP contribution in [0.2, 0.25) is 0 Å². The Labute approximate surface area is 122 Å². The van der Waals surface area contributed by atoms with Crippen LogP contribution in [0.1, 0.15) is 27.0 Å². The molecule has 2 aromatic rings. The Morgan fingerprint density at radius 3 is 2.19 bits per heavy atom. The van der Waals surface area contributed by atoms with Crippen molar-refractivity contribution in [1.29, 1.82) is 0 Å². The molecule has 0 bridgehead atoms. The number of carbonyl (C=O) groups is 1. The molecule has 0 spiro atoms. The van der Waals surface area contributed by atoms with Crippen molar-refractivity contribution >= 4 is 5.78 Å². The molecular formula is C17H16F2O2. The van der Waals surface area contributed by atoms with E-state index in [1.54, 1.807) is 26.2 Å². The first-order chi connectivity index (χ1) is 9.90.